The van der Waals surface area contributed by atoms with Gasteiger partial charge in [0, 0.05) is 17.7 Å². The van der Waals surface area contributed by atoms with Crippen LogP contribution in [0.25, 0.3) is 0 Å². The molecule has 0 saturated heterocycles. The van der Waals surface area contributed by atoms with E-state index < -0.39 is 12.1 Å². The predicted molar refractivity (Wildman–Crippen MR) is 66.9 cm³/mol. The molecule has 6 heteroatoms. The number of thioether (sulfide) groups is 1. The summed E-state index contributed by atoms with van der Waals surface area (Å²) in [6.45, 7) is -0.314. The first-order chi connectivity index (χ1) is 8.58. The van der Waals surface area contributed by atoms with E-state index in [1.54, 1.807) is 17.8 Å². The zero-order chi connectivity index (χ0) is 13.1. The van der Waals surface area contributed by atoms with Crippen molar-refractivity contribution in [1.82, 2.24) is 4.90 Å². The van der Waals surface area contributed by atoms with Crippen molar-refractivity contribution in [3.05, 3.63) is 24.3 Å². The molecular formula is C12H13NO4S. The van der Waals surface area contributed by atoms with Gasteiger partial charge in [0.25, 0.3) is 5.91 Å². The lowest BCUT2D eigenvalue weighted by Crippen LogP contribution is -2.44. The first-order valence-corrected chi connectivity index (χ1v) is 6.41. The monoisotopic (exact) mass is 267 g/mol. The van der Waals surface area contributed by atoms with Crippen LogP contribution in [0.5, 0.6) is 5.75 Å². The van der Waals surface area contributed by atoms with Gasteiger partial charge in [0.2, 0.25) is 0 Å². The molecule has 0 radical (unpaired) electrons. The second-order valence-electron chi connectivity index (χ2n) is 3.95. The third kappa shape index (κ3) is 2.76. The van der Waals surface area contributed by atoms with Gasteiger partial charge in [-0.15, -0.1) is 11.8 Å². The third-order valence-corrected chi connectivity index (χ3v) is 3.65. The quantitative estimate of drug-likeness (QED) is 0.887. The second kappa shape index (κ2) is 5.30. The van der Waals surface area contributed by atoms with Crippen LogP contribution in [0.15, 0.2) is 29.2 Å². The molecule has 2 rings (SSSR count). The van der Waals surface area contributed by atoms with Crippen LogP contribution < -0.4 is 4.74 Å². The lowest BCUT2D eigenvalue weighted by molar-refractivity contribution is -0.146. The molecule has 0 fully saturated rings. The number of carboxylic acids is 1. The van der Waals surface area contributed by atoms with Crippen LogP contribution in [0.3, 0.4) is 0 Å². The molecule has 1 atom stereocenters. The number of aliphatic carboxylic acids is 1. The molecule has 96 valence electrons. The number of rotatable bonds is 3. The van der Waals surface area contributed by atoms with Crippen molar-refractivity contribution in [3.8, 4) is 5.75 Å². The number of ether oxygens (including phenoxy) is 1. The molecule has 5 nitrogen and oxygen atoms in total. The van der Waals surface area contributed by atoms with Crippen LogP contribution in [0, 0.1) is 0 Å². The maximum Gasteiger partial charge on any atom is 0.323 e. The maximum atomic E-state index is 12.0. The molecule has 18 heavy (non-hydrogen) atoms. The summed E-state index contributed by atoms with van der Waals surface area (Å²) in [5.41, 5.74) is 0. The summed E-state index contributed by atoms with van der Waals surface area (Å²) in [5.74, 6) is -0.162. The Hall–Kier alpha value is -1.69. The number of carbonyl (C=O) groups excluding carboxylic acids is 1. The van der Waals surface area contributed by atoms with Crippen LogP contribution in [0.2, 0.25) is 0 Å². The van der Waals surface area contributed by atoms with Gasteiger partial charge in [0.15, 0.2) is 6.10 Å². The Morgan fingerprint density at radius 1 is 1.50 bits per heavy atom. The molecule has 0 saturated carbocycles. The van der Waals surface area contributed by atoms with Gasteiger partial charge in [-0.25, -0.2) is 0 Å². The second-order valence-corrected chi connectivity index (χ2v) is 5.01. The molecule has 0 aliphatic carbocycles. The lowest BCUT2D eigenvalue weighted by atomic mass is 10.3. The van der Waals surface area contributed by atoms with Crippen LogP contribution in [0.1, 0.15) is 0 Å². The van der Waals surface area contributed by atoms with Crippen molar-refractivity contribution in [3.63, 3.8) is 0 Å². The average molecular weight is 267 g/mol. The summed E-state index contributed by atoms with van der Waals surface area (Å²) >= 11 is 1.54. The molecule has 1 aromatic carbocycles. The van der Waals surface area contributed by atoms with Crippen LogP contribution in [0.4, 0.5) is 0 Å². The van der Waals surface area contributed by atoms with Gasteiger partial charge in [-0.1, -0.05) is 12.1 Å². The SMILES string of the molecule is CN(CC(=O)O)C(=O)[C@H]1CSc2ccccc2O1. The number of para-hydroxylation sites is 1. The smallest absolute Gasteiger partial charge is 0.323 e. The molecule has 1 aliphatic rings. The van der Waals surface area contributed by atoms with Gasteiger partial charge in [0.1, 0.15) is 12.3 Å². The van der Waals surface area contributed by atoms with Gasteiger partial charge in [0.05, 0.1) is 0 Å². The molecule has 1 aliphatic heterocycles. The number of carbonyl (C=O) groups is 2. The van der Waals surface area contributed by atoms with E-state index in [0.29, 0.717) is 11.5 Å². The minimum atomic E-state index is -1.03. The third-order valence-electron chi connectivity index (χ3n) is 2.53. The number of nitrogens with zero attached hydrogens (tertiary/aromatic N) is 1. The van der Waals surface area contributed by atoms with E-state index in [1.165, 1.54) is 11.9 Å². The summed E-state index contributed by atoms with van der Waals surface area (Å²) in [5, 5.41) is 8.65. The van der Waals surface area contributed by atoms with Gasteiger partial charge in [-0.2, -0.15) is 0 Å². The molecule has 1 amide bonds. The van der Waals surface area contributed by atoms with E-state index in [4.69, 9.17) is 9.84 Å². The molecule has 0 bridgehead atoms. The standard InChI is InChI=1S/C12H13NO4S/c1-13(6-11(14)15)12(16)9-7-18-10-5-3-2-4-8(10)17-9/h2-5,9H,6-7H2,1H3,(H,14,15)/t9-/m1/s1. The Balaban J connectivity index is 2.04. The molecule has 1 N–H and O–H groups in total. The van der Waals surface area contributed by atoms with Crippen molar-refractivity contribution in [2.24, 2.45) is 0 Å². The lowest BCUT2D eigenvalue weighted by Gasteiger charge is -2.27. The summed E-state index contributed by atoms with van der Waals surface area (Å²) in [6.07, 6.45) is -0.616. The highest BCUT2D eigenvalue weighted by Gasteiger charge is 2.29. The fourth-order valence-corrected chi connectivity index (χ4v) is 2.64. The Kier molecular flexibility index (Phi) is 3.76. The Morgan fingerprint density at radius 2 is 2.22 bits per heavy atom. The van der Waals surface area contributed by atoms with E-state index in [1.807, 2.05) is 18.2 Å². The summed E-state index contributed by atoms with van der Waals surface area (Å²) in [7, 11) is 1.46. The fourth-order valence-electron chi connectivity index (χ4n) is 1.67. The Bertz CT molecular complexity index is 477. The van der Waals surface area contributed by atoms with Crippen molar-refractivity contribution in [1.29, 1.82) is 0 Å². The number of likely N-dealkylation sites (N-methyl/N-ethyl adjacent to an activating group) is 1. The number of fused-ring (bicyclic) bond motifs is 1. The largest absolute Gasteiger partial charge is 0.480 e. The zero-order valence-corrected chi connectivity index (χ0v) is 10.6. The highest BCUT2D eigenvalue weighted by molar-refractivity contribution is 7.99. The summed E-state index contributed by atoms with van der Waals surface area (Å²) in [6, 6.07) is 7.49. The highest BCUT2D eigenvalue weighted by atomic mass is 32.2. The van der Waals surface area contributed by atoms with Gasteiger partial charge < -0.3 is 14.7 Å². The zero-order valence-electron chi connectivity index (χ0n) is 9.83. The van der Waals surface area contributed by atoms with E-state index >= 15 is 0 Å². The van der Waals surface area contributed by atoms with E-state index in [-0.39, 0.29) is 12.5 Å². The van der Waals surface area contributed by atoms with Crippen molar-refractivity contribution in [2.45, 2.75) is 11.0 Å². The molecule has 0 spiro atoms. The van der Waals surface area contributed by atoms with Gasteiger partial charge >= 0.3 is 5.97 Å². The number of hydrogen-bond donors (Lipinski definition) is 1. The number of hydrogen-bond acceptors (Lipinski definition) is 4. The Morgan fingerprint density at radius 3 is 2.94 bits per heavy atom. The summed E-state index contributed by atoms with van der Waals surface area (Å²) in [4.78, 5) is 24.7. The first-order valence-electron chi connectivity index (χ1n) is 5.43. The summed E-state index contributed by atoms with van der Waals surface area (Å²) < 4.78 is 5.59. The fraction of sp³-hybridized carbons (Fsp3) is 0.333. The number of amides is 1. The highest BCUT2D eigenvalue weighted by Crippen LogP contribution is 2.35. The molecule has 1 heterocycles. The van der Waals surface area contributed by atoms with Crippen molar-refractivity contribution in [2.75, 3.05) is 19.3 Å². The van der Waals surface area contributed by atoms with E-state index in [9.17, 15) is 9.59 Å². The van der Waals surface area contributed by atoms with Crippen LogP contribution in [-0.4, -0.2) is 47.3 Å². The molecule has 0 aromatic heterocycles. The predicted octanol–water partition coefficient (Wildman–Crippen LogP) is 1.08. The van der Waals surface area contributed by atoms with Crippen LogP contribution in [-0.2, 0) is 9.59 Å². The first kappa shape index (κ1) is 12.8. The van der Waals surface area contributed by atoms with Crippen LogP contribution >= 0.6 is 11.8 Å². The minimum absolute atomic E-state index is 0.306. The van der Waals surface area contributed by atoms with Gasteiger partial charge in [-0.3, -0.25) is 9.59 Å². The normalized spacial score (nSPS) is 17.5. The Labute approximate surface area is 109 Å². The minimum Gasteiger partial charge on any atom is -0.480 e. The van der Waals surface area contributed by atoms with Gasteiger partial charge in [-0.05, 0) is 12.1 Å². The molecule has 1 aromatic rings. The van der Waals surface area contributed by atoms with Crippen molar-refractivity contribution < 1.29 is 19.4 Å². The average Bonchev–Trinajstić information content (AvgIpc) is 2.36. The topological polar surface area (TPSA) is 66.8 Å². The maximum absolute atomic E-state index is 12.0. The molecule has 0 unspecified atom stereocenters. The van der Waals surface area contributed by atoms with E-state index in [0.717, 1.165) is 4.90 Å². The molecular weight excluding hydrogens is 254 g/mol. The number of benzene rings is 1. The number of carboxylic acid groups (broad SMARTS) is 1. The van der Waals surface area contributed by atoms with Crippen molar-refractivity contribution >= 4 is 23.6 Å². The van der Waals surface area contributed by atoms with E-state index in [2.05, 4.69) is 0 Å².